The highest BCUT2D eigenvalue weighted by Gasteiger charge is 2.22. The van der Waals surface area contributed by atoms with Crippen LogP contribution in [0, 0.1) is 28.9 Å². The van der Waals surface area contributed by atoms with Gasteiger partial charge in [-0.3, -0.25) is 10.1 Å². The second kappa shape index (κ2) is 5.84. The maximum absolute atomic E-state index is 10.9. The van der Waals surface area contributed by atoms with Crippen LogP contribution < -0.4 is 4.74 Å². The minimum absolute atomic E-state index is 0.110. The molecule has 1 rings (SSSR count). The predicted molar refractivity (Wildman–Crippen MR) is 64.8 cm³/mol. The number of carboxylic acids is 1. The van der Waals surface area contributed by atoms with Crippen molar-refractivity contribution in [2.45, 2.75) is 13.0 Å². The number of nitrogens with zero attached hydrogens (tertiary/aromatic N) is 1. The van der Waals surface area contributed by atoms with Gasteiger partial charge in [0.05, 0.1) is 17.6 Å². The minimum atomic E-state index is -1.58. The van der Waals surface area contributed by atoms with Crippen molar-refractivity contribution < 1.29 is 24.7 Å². The third-order valence-electron chi connectivity index (χ3n) is 2.35. The molecular weight excluding hydrogens is 254 g/mol. The van der Waals surface area contributed by atoms with Crippen molar-refractivity contribution in [1.82, 2.24) is 0 Å². The summed E-state index contributed by atoms with van der Waals surface area (Å²) in [5.41, 5.74) is 0.0723. The maximum atomic E-state index is 10.9. The van der Waals surface area contributed by atoms with E-state index in [1.165, 1.54) is 19.2 Å². The molecule has 7 nitrogen and oxygen atoms in total. The van der Waals surface area contributed by atoms with E-state index >= 15 is 0 Å². The van der Waals surface area contributed by atoms with Gasteiger partial charge in [0.25, 0.3) is 5.69 Å². The van der Waals surface area contributed by atoms with Crippen LogP contribution in [0.4, 0.5) is 5.69 Å². The topological polar surface area (TPSA) is 110 Å². The molecule has 0 amide bonds. The summed E-state index contributed by atoms with van der Waals surface area (Å²) in [6.45, 7) is 1.62. The Kier molecular flexibility index (Phi) is 4.45. The molecule has 7 heteroatoms. The fourth-order valence-electron chi connectivity index (χ4n) is 1.49. The first kappa shape index (κ1) is 14.5. The lowest BCUT2D eigenvalue weighted by Crippen LogP contribution is -2.03. The van der Waals surface area contributed by atoms with E-state index < -0.39 is 17.0 Å². The van der Waals surface area contributed by atoms with Gasteiger partial charge in [0, 0.05) is 12.0 Å². The summed E-state index contributed by atoms with van der Waals surface area (Å²) in [5.74, 6) is 2.64. The Hall–Kier alpha value is -2.59. The number of carboxylic acid groups (broad SMARTS) is 1. The number of aliphatic hydroxyl groups excluding tert-OH is 1. The van der Waals surface area contributed by atoms with Crippen LogP contribution in [0.25, 0.3) is 0 Å². The molecule has 0 saturated carbocycles. The Morgan fingerprint density at radius 2 is 2.16 bits per heavy atom. The summed E-state index contributed by atoms with van der Waals surface area (Å²) in [7, 11) is 1.38. The van der Waals surface area contributed by atoms with E-state index in [0.29, 0.717) is 11.3 Å². The van der Waals surface area contributed by atoms with Crippen molar-refractivity contribution >= 4 is 11.7 Å². The molecule has 19 heavy (non-hydrogen) atoms. The smallest absolute Gasteiger partial charge is 0.382 e. The van der Waals surface area contributed by atoms with Crippen molar-refractivity contribution in [3.8, 4) is 17.6 Å². The maximum Gasteiger partial charge on any atom is 0.382 e. The molecule has 100 valence electrons. The van der Waals surface area contributed by atoms with Gasteiger partial charge in [0.1, 0.15) is 11.9 Å². The molecule has 0 saturated heterocycles. The minimum Gasteiger partial charge on any atom is -0.496 e. The molecule has 0 aliphatic rings. The Morgan fingerprint density at radius 3 is 2.63 bits per heavy atom. The first-order chi connectivity index (χ1) is 8.86. The number of benzene rings is 1. The van der Waals surface area contributed by atoms with Crippen molar-refractivity contribution in [2.24, 2.45) is 0 Å². The summed E-state index contributed by atoms with van der Waals surface area (Å²) in [6, 6.07) is 2.51. The van der Waals surface area contributed by atoms with Crippen LogP contribution in [0.3, 0.4) is 0 Å². The van der Waals surface area contributed by atoms with Gasteiger partial charge in [-0.25, -0.2) is 4.79 Å². The molecular formula is C12H11NO6. The highest BCUT2D eigenvalue weighted by atomic mass is 16.6. The van der Waals surface area contributed by atoms with Crippen LogP contribution in [0.2, 0.25) is 0 Å². The van der Waals surface area contributed by atoms with E-state index in [0.717, 1.165) is 0 Å². The van der Waals surface area contributed by atoms with Crippen LogP contribution in [0.15, 0.2) is 12.1 Å². The third kappa shape index (κ3) is 3.43. The summed E-state index contributed by atoms with van der Waals surface area (Å²) in [5, 5.41) is 29.0. The van der Waals surface area contributed by atoms with E-state index in [4.69, 9.17) is 9.84 Å². The number of aliphatic hydroxyl groups is 1. The van der Waals surface area contributed by atoms with Crippen LogP contribution in [0.5, 0.6) is 5.75 Å². The normalized spacial score (nSPS) is 11.1. The molecule has 0 heterocycles. The summed E-state index contributed by atoms with van der Waals surface area (Å²) in [4.78, 5) is 20.5. The van der Waals surface area contributed by atoms with Crippen molar-refractivity contribution in [3.63, 3.8) is 0 Å². The highest BCUT2D eigenvalue weighted by molar-refractivity contribution is 5.86. The van der Waals surface area contributed by atoms with Gasteiger partial charge >= 0.3 is 5.97 Å². The quantitative estimate of drug-likeness (QED) is 0.480. The number of hydrogen-bond acceptors (Lipinski definition) is 5. The first-order valence-electron chi connectivity index (χ1n) is 5.12. The molecule has 0 bridgehead atoms. The number of methoxy groups -OCH3 is 1. The predicted octanol–water partition coefficient (Wildman–Crippen LogP) is 1.03. The molecule has 0 aromatic heterocycles. The van der Waals surface area contributed by atoms with Crippen LogP contribution in [-0.4, -0.2) is 28.2 Å². The van der Waals surface area contributed by atoms with Gasteiger partial charge in [-0.15, -0.1) is 0 Å². The number of nitro benzene ring substituents is 1. The molecule has 1 unspecified atom stereocenters. The summed E-state index contributed by atoms with van der Waals surface area (Å²) < 4.78 is 5.00. The van der Waals surface area contributed by atoms with Crippen molar-refractivity contribution in [3.05, 3.63) is 33.4 Å². The molecule has 1 aromatic rings. The molecule has 0 fully saturated rings. The number of nitro groups is 1. The van der Waals surface area contributed by atoms with E-state index in [2.05, 4.69) is 0 Å². The van der Waals surface area contributed by atoms with Gasteiger partial charge in [0.15, 0.2) is 0 Å². The molecule has 1 aromatic carbocycles. The number of ether oxygens (including phenoxy) is 1. The Balaban J connectivity index is 3.36. The van der Waals surface area contributed by atoms with Gasteiger partial charge < -0.3 is 14.9 Å². The molecule has 0 radical (unpaired) electrons. The molecule has 0 spiro atoms. The van der Waals surface area contributed by atoms with Gasteiger partial charge in [-0.2, -0.15) is 0 Å². The number of rotatable bonds is 3. The average molecular weight is 265 g/mol. The van der Waals surface area contributed by atoms with Gasteiger partial charge in [0.2, 0.25) is 0 Å². The fraction of sp³-hybridized carbons (Fsp3) is 0.250. The second-order valence-electron chi connectivity index (χ2n) is 3.61. The second-order valence-corrected chi connectivity index (χ2v) is 3.61. The van der Waals surface area contributed by atoms with E-state index in [-0.39, 0.29) is 11.3 Å². The van der Waals surface area contributed by atoms with E-state index in [1.807, 2.05) is 5.92 Å². The molecule has 0 aliphatic carbocycles. The zero-order valence-electron chi connectivity index (χ0n) is 10.2. The standard InChI is InChI=1S/C12H11NO6/c1-7-5-9(13(17)18)8(6-11(7)19-2)10(14)3-4-12(15)16/h5-6,10,14H,1-2H3,(H,15,16). The lowest BCUT2D eigenvalue weighted by molar-refractivity contribution is -0.386. The number of carbonyl (C=O) groups is 1. The van der Waals surface area contributed by atoms with Crippen LogP contribution in [0.1, 0.15) is 17.2 Å². The zero-order valence-corrected chi connectivity index (χ0v) is 10.2. The fourth-order valence-corrected chi connectivity index (χ4v) is 1.49. The molecule has 2 N–H and O–H groups in total. The Labute approximate surface area is 108 Å². The largest absolute Gasteiger partial charge is 0.496 e. The SMILES string of the molecule is COc1cc(C(O)C#CC(=O)O)c([N+](=O)[O-])cc1C. The number of hydrogen-bond donors (Lipinski definition) is 2. The van der Waals surface area contributed by atoms with Crippen molar-refractivity contribution in [1.29, 1.82) is 0 Å². The monoisotopic (exact) mass is 265 g/mol. The molecule has 1 atom stereocenters. The average Bonchev–Trinajstić information content (AvgIpc) is 2.35. The Bertz CT molecular complexity index is 584. The number of aliphatic carboxylic acids is 1. The molecule has 0 aliphatic heterocycles. The van der Waals surface area contributed by atoms with Gasteiger partial charge in [-0.1, -0.05) is 5.92 Å². The van der Waals surface area contributed by atoms with E-state index in [1.54, 1.807) is 12.8 Å². The lowest BCUT2D eigenvalue weighted by atomic mass is 10.0. The van der Waals surface area contributed by atoms with Gasteiger partial charge in [-0.05, 0) is 18.6 Å². The first-order valence-corrected chi connectivity index (χ1v) is 5.12. The Morgan fingerprint density at radius 1 is 1.53 bits per heavy atom. The highest BCUT2D eigenvalue weighted by Crippen LogP contribution is 2.32. The lowest BCUT2D eigenvalue weighted by Gasteiger charge is -2.10. The van der Waals surface area contributed by atoms with Crippen LogP contribution >= 0.6 is 0 Å². The zero-order chi connectivity index (χ0) is 14.6. The van der Waals surface area contributed by atoms with E-state index in [9.17, 15) is 20.0 Å². The summed E-state index contributed by atoms with van der Waals surface area (Å²) in [6.07, 6.45) is -1.58. The van der Waals surface area contributed by atoms with Crippen molar-refractivity contribution in [2.75, 3.05) is 7.11 Å². The third-order valence-corrected chi connectivity index (χ3v) is 2.35. The van der Waals surface area contributed by atoms with Crippen LogP contribution in [-0.2, 0) is 4.79 Å². The number of aryl methyl sites for hydroxylation is 1. The summed E-state index contributed by atoms with van der Waals surface area (Å²) >= 11 is 0.